The number of aromatic nitrogens is 4. The molecule has 28 heavy (non-hydrogen) atoms. The first-order valence-electron chi connectivity index (χ1n) is 9.03. The summed E-state index contributed by atoms with van der Waals surface area (Å²) in [4.78, 5) is 20.9. The van der Waals surface area contributed by atoms with Gasteiger partial charge in [0.15, 0.2) is 11.4 Å². The van der Waals surface area contributed by atoms with Gasteiger partial charge in [-0.1, -0.05) is 12.1 Å². The van der Waals surface area contributed by atoms with E-state index in [1.165, 1.54) is 7.11 Å². The number of fused-ring (bicyclic) bond motifs is 1. The van der Waals surface area contributed by atoms with Crippen LogP contribution in [0.5, 0.6) is 0 Å². The summed E-state index contributed by atoms with van der Waals surface area (Å²) in [5.41, 5.74) is 2.29. The van der Waals surface area contributed by atoms with Crippen molar-refractivity contribution in [2.45, 2.75) is 31.8 Å². The van der Waals surface area contributed by atoms with Crippen molar-refractivity contribution in [1.82, 2.24) is 20.2 Å². The van der Waals surface area contributed by atoms with Crippen molar-refractivity contribution in [3.63, 3.8) is 0 Å². The molecule has 0 saturated carbocycles. The van der Waals surface area contributed by atoms with E-state index >= 15 is 0 Å². The van der Waals surface area contributed by atoms with Crippen LogP contribution in [0.3, 0.4) is 0 Å². The monoisotopic (exact) mass is 379 g/mol. The van der Waals surface area contributed by atoms with E-state index in [0.29, 0.717) is 30.9 Å². The Hall–Kier alpha value is -3.26. The lowest BCUT2D eigenvalue weighted by Crippen LogP contribution is -2.41. The van der Waals surface area contributed by atoms with Crippen LogP contribution in [0.1, 0.15) is 30.7 Å². The first-order chi connectivity index (χ1) is 13.5. The van der Waals surface area contributed by atoms with Gasteiger partial charge in [-0.05, 0) is 37.5 Å². The summed E-state index contributed by atoms with van der Waals surface area (Å²) in [7, 11) is 1.44. The SMILES string of the molecule is COC1(C(=O)O)CC=C(c2nc(Nc3cc(C)[nH]n3)cc3cccnc23)CC1. The number of aliphatic carboxylic acids is 1. The van der Waals surface area contributed by atoms with E-state index in [9.17, 15) is 9.90 Å². The maximum Gasteiger partial charge on any atom is 0.336 e. The van der Waals surface area contributed by atoms with Crippen LogP contribution in [0.15, 0.2) is 36.5 Å². The molecule has 0 bridgehead atoms. The third kappa shape index (κ3) is 3.22. The highest BCUT2D eigenvalue weighted by molar-refractivity contribution is 5.92. The zero-order valence-corrected chi connectivity index (χ0v) is 15.7. The van der Waals surface area contributed by atoms with Crippen molar-refractivity contribution >= 4 is 34.1 Å². The van der Waals surface area contributed by atoms with E-state index in [2.05, 4.69) is 20.5 Å². The average Bonchev–Trinajstić information content (AvgIpc) is 3.12. The number of hydrogen-bond acceptors (Lipinski definition) is 6. The smallest absolute Gasteiger partial charge is 0.336 e. The molecule has 0 saturated heterocycles. The predicted octanol–water partition coefficient (Wildman–Crippen LogP) is 3.44. The van der Waals surface area contributed by atoms with Gasteiger partial charge in [-0.2, -0.15) is 5.10 Å². The number of rotatable bonds is 5. The van der Waals surface area contributed by atoms with Crippen molar-refractivity contribution in [3.8, 4) is 0 Å². The molecule has 0 fully saturated rings. The van der Waals surface area contributed by atoms with E-state index < -0.39 is 11.6 Å². The normalized spacial score (nSPS) is 19.4. The number of aromatic amines is 1. The second-order valence-corrected chi connectivity index (χ2v) is 6.93. The first kappa shape index (κ1) is 18.1. The Morgan fingerprint density at radius 3 is 2.86 bits per heavy atom. The predicted molar refractivity (Wildman–Crippen MR) is 105 cm³/mol. The fourth-order valence-electron chi connectivity index (χ4n) is 3.50. The van der Waals surface area contributed by atoms with Crippen LogP contribution in [-0.4, -0.2) is 44.0 Å². The molecule has 1 aliphatic rings. The Morgan fingerprint density at radius 1 is 1.36 bits per heavy atom. The molecular weight excluding hydrogens is 358 g/mol. The summed E-state index contributed by atoms with van der Waals surface area (Å²) in [6.07, 6.45) is 4.86. The van der Waals surface area contributed by atoms with Crippen molar-refractivity contribution in [2.75, 3.05) is 12.4 Å². The minimum Gasteiger partial charge on any atom is -0.479 e. The van der Waals surface area contributed by atoms with E-state index in [-0.39, 0.29) is 0 Å². The second-order valence-electron chi connectivity index (χ2n) is 6.93. The number of ether oxygens (including phenoxy) is 1. The number of nitrogens with zero attached hydrogens (tertiary/aromatic N) is 3. The standard InChI is InChI=1S/C20H21N5O3/c1-12-10-16(25-24-12)22-15-11-14-4-3-9-21-17(14)18(23-15)13-5-7-20(28-2,8-6-13)19(26)27/h3-5,9-11H,6-8H2,1-2H3,(H,26,27)(H2,22,23,24,25). The third-order valence-electron chi connectivity index (χ3n) is 5.11. The van der Waals surface area contributed by atoms with Gasteiger partial charge in [0.1, 0.15) is 5.82 Å². The van der Waals surface area contributed by atoms with E-state index in [1.54, 1.807) is 6.20 Å². The summed E-state index contributed by atoms with van der Waals surface area (Å²) in [6, 6.07) is 7.68. The fraction of sp³-hybridized carbons (Fsp3) is 0.300. The second kappa shape index (κ2) is 7.05. The molecule has 3 heterocycles. The summed E-state index contributed by atoms with van der Waals surface area (Å²) < 4.78 is 5.31. The molecule has 1 atom stereocenters. The molecule has 0 aromatic carbocycles. The van der Waals surface area contributed by atoms with Gasteiger partial charge >= 0.3 is 5.97 Å². The minimum atomic E-state index is -1.17. The lowest BCUT2D eigenvalue weighted by molar-refractivity contribution is -0.163. The molecule has 0 aliphatic heterocycles. The Bertz CT molecular complexity index is 1070. The maximum absolute atomic E-state index is 11.6. The minimum absolute atomic E-state index is 0.292. The van der Waals surface area contributed by atoms with Gasteiger partial charge in [0.05, 0.1) is 11.2 Å². The number of nitrogens with one attached hydrogen (secondary N) is 2. The largest absolute Gasteiger partial charge is 0.479 e. The number of allylic oxidation sites excluding steroid dienone is 1. The molecule has 8 nitrogen and oxygen atoms in total. The van der Waals surface area contributed by atoms with Crippen LogP contribution >= 0.6 is 0 Å². The van der Waals surface area contributed by atoms with Crippen LogP contribution in [0, 0.1) is 6.92 Å². The number of anilines is 2. The first-order valence-corrected chi connectivity index (χ1v) is 9.03. The molecule has 144 valence electrons. The van der Waals surface area contributed by atoms with E-state index in [0.717, 1.165) is 27.9 Å². The Balaban J connectivity index is 1.74. The van der Waals surface area contributed by atoms with Crippen molar-refractivity contribution in [3.05, 3.63) is 47.9 Å². The van der Waals surface area contributed by atoms with Gasteiger partial charge in [0.2, 0.25) is 0 Å². The topological polar surface area (TPSA) is 113 Å². The number of carbonyl (C=O) groups is 1. The number of carboxylic acid groups (broad SMARTS) is 1. The number of hydrogen-bond donors (Lipinski definition) is 3. The Morgan fingerprint density at radius 2 is 2.21 bits per heavy atom. The van der Waals surface area contributed by atoms with Gasteiger partial charge in [0, 0.05) is 36.9 Å². The quantitative estimate of drug-likeness (QED) is 0.622. The zero-order chi connectivity index (χ0) is 19.7. The molecule has 1 aliphatic carbocycles. The number of carboxylic acids is 1. The lowest BCUT2D eigenvalue weighted by atomic mass is 9.84. The van der Waals surface area contributed by atoms with Crippen molar-refractivity contribution in [1.29, 1.82) is 0 Å². The number of methoxy groups -OCH3 is 1. The van der Waals surface area contributed by atoms with E-state index in [1.807, 2.05) is 37.3 Å². The Labute approximate surface area is 161 Å². The van der Waals surface area contributed by atoms with Gasteiger partial charge in [-0.25, -0.2) is 9.78 Å². The summed E-state index contributed by atoms with van der Waals surface area (Å²) in [5, 5.41) is 20.8. The molecule has 0 amide bonds. The van der Waals surface area contributed by atoms with Crippen LogP contribution in [0.4, 0.5) is 11.6 Å². The molecule has 4 rings (SSSR count). The van der Waals surface area contributed by atoms with Gasteiger partial charge in [-0.15, -0.1) is 0 Å². The highest BCUT2D eigenvalue weighted by Crippen LogP contribution is 2.37. The zero-order valence-electron chi connectivity index (χ0n) is 15.7. The number of H-pyrrole nitrogens is 1. The maximum atomic E-state index is 11.6. The van der Waals surface area contributed by atoms with Crippen LogP contribution < -0.4 is 5.32 Å². The average molecular weight is 379 g/mol. The molecule has 0 radical (unpaired) electrons. The van der Waals surface area contributed by atoms with Gasteiger partial charge < -0.3 is 15.2 Å². The summed E-state index contributed by atoms with van der Waals surface area (Å²) in [5.74, 6) is 0.399. The molecule has 3 N–H and O–H groups in total. The Kier molecular flexibility index (Phi) is 4.56. The van der Waals surface area contributed by atoms with Crippen LogP contribution in [-0.2, 0) is 9.53 Å². The van der Waals surface area contributed by atoms with Gasteiger partial charge in [-0.3, -0.25) is 10.1 Å². The lowest BCUT2D eigenvalue weighted by Gasteiger charge is -2.31. The van der Waals surface area contributed by atoms with Gasteiger partial charge in [0.25, 0.3) is 0 Å². The van der Waals surface area contributed by atoms with E-state index in [4.69, 9.17) is 9.72 Å². The number of pyridine rings is 2. The van der Waals surface area contributed by atoms with Crippen molar-refractivity contribution in [2.24, 2.45) is 0 Å². The molecule has 8 heteroatoms. The fourth-order valence-corrected chi connectivity index (χ4v) is 3.50. The molecular formula is C20H21N5O3. The van der Waals surface area contributed by atoms with Crippen LogP contribution in [0.2, 0.25) is 0 Å². The highest BCUT2D eigenvalue weighted by Gasteiger charge is 2.40. The number of aryl methyl sites for hydroxylation is 1. The molecule has 3 aromatic rings. The summed E-state index contributed by atoms with van der Waals surface area (Å²) >= 11 is 0. The molecule has 1 unspecified atom stereocenters. The van der Waals surface area contributed by atoms with Crippen LogP contribution in [0.25, 0.3) is 16.5 Å². The third-order valence-corrected chi connectivity index (χ3v) is 5.11. The molecule has 0 spiro atoms. The van der Waals surface area contributed by atoms with Crippen molar-refractivity contribution < 1.29 is 14.6 Å². The molecule has 3 aromatic heterocycles. The highest BCUT2D eigenvalue weighted by atomic mass is 16.5. The summed E-state index contributed by atoms with van der Waals surface area (Å²) in [6.45, 7) is 1.93.